The number of amides is 2. The number of thioether (sulfide) groups is 1. The highest BCUT2D eigenvalue weighted by Crippen LogP contribution is 2.24. The van der Waals surface area contributed by atoms with Gasteiger partial charge in [-0.15, -0.1) is 0 Å². The van der Waals surface area contributed by atoms with Crippen LogP contribution in [0.2, 0.25) is 0 Å². The number of aryl methyl sites for hydroxylation is 1. The number of methoxy groups -OCH3 is 1. The van der Waals surface area contributed by atoms with E-state index in [2.05, 4.69) is 29.5 Å². The molecule has 2 aromatic carbocycles. The molecule has 0 aliphatic rings. The Kier molecular flexibility index (Phi) is 7.94. The number of benzene rings is 2. The Hall–Kier alpha value is -3.26. The van der Waals surface area contributed by atoms with Crippen LogP contribution >= 0.6 is 11.8 Å². The average Bonchev–Trinajstić information content (AvgIpc) is 3.21. The zero-order valence-electron chi connectivity index (χ0n) is 18.7. The summed E-state index contributed by atoms with van der Waals surface area (Å²) in [7, 11) is 3.51. The summed E-state index contributed by atoms with van der Waals surface area (Å²) in [5.74, 6) is 0.948. The van der Waals surface area contributed by atoms with Crippen LogP contribution in [0.5, 0.6) is 5.75 Å². The second kappa shape index (κ2) is 10.9. The number of rotatable bonds is 9. The van der Waals surface area contributed by atoms with Gasteiger partial charge in [0.25, 0.3) is 5.91 Å². The summed E-state index contributed by atoms with van der Waals surface area (Å²) in [4.78, 5) is 29.2. The van der Waals surface area contributed by atoms with Gasteiger partial charge in [0.05, 0.1) is 18.9 Å². The molecule has 168 valence electrons. The molecule has 7 nitrogen and oxygen atoms in total. The highest BCUT2D eigenvalue weighted by atomic mass is 32.2. The summed E-state index contributed by atoms with van der Waals surface area (Å²) in [5, 5.41) is 6.73. The first kappa shape index (κ1) is 23.4. The first-order valence-electron chi connectivity index (χ1n) is 10.3. The van der Waals surface area contributed by atoms with Crippen LogP contribution in [0.15, 0.2) is 66.1 Å². The van der Waals surface area contributed by atoms with Crippen LogP contribution in [0.25, 0.3) is 0 Å². The molecule has 0 fully saturated rings. The molecule has 0 aliphatic heterocycles. The molecule has 0 aliphatic carbocycles. The van der Waals surface area contributed by atoms with Crippen molar-refractivity contribution in [1.82, 2.24) is 14.9 Å². The maximum absolute atomic E-state index is 12.8. The van der Waals surface area contributed by atoms with E-state index < -0.39 is 0 Å². The fraction of sp³-hybridized carbons (Fsp3) is 0.292. The number of imidazole rings is 1. The zero-order valence-corrected chi connectivity index (χ0v) is 19.5. The number of hydrogen-bond acceptors (Lipinski definition) is 5. The number of nitrogens with one attached hydrogen (secondary N) is 2. The van der Waals surface area contributed by atoms with Crippen molar-refractivity contribution in [2.24, 2.45) is 13.0 Å². The quantitative estimate of drug-likeness (QED) is 0.473. The van der Waals surface area contributed by atoms with E-state index >= 15 is 0 Å². The van der Waals surface area contributed by atoms with Gasteiger partial charge in [0.2, 0.25) is 5.91 Å². The van der Waals surface area contributed by atoms with Gasteiger partial charge in [-0.05, 0) is 47.9 Å². The van der Waals surface area contributed by atoms with E-state index in [1.54, 1.807) is 37.6 Å². The SMILES string of the molecule is COc1ccc(C(NC(=O)c2ccc(NC(=O)CSc3nccn3C)cc2)C(C)C)cc1. The Labute approximate surface area is 192 Å². The van der Waals surface area contributed by atoms with Crippen LogP contribution in [-0.2, 0) is 11.8 Å². The largest absolute Gasteiger partial charge is 0.497 e. The standard InChI is InChI=1S/C24H28N4O3S/c1-16(2)22(17-7-11-20(31-4)12-8-17)27-23(30)18-5-9-19(10-6-18)26-21(29)15-32-24-25-13-14-28(24)3/h5-14,16,22H,15H2,1-4H3,(H,26,29)(H,27,30). The van der Waals surface area contributed by atoms with Crippen molar-refractivity contribution in [3.8, 4) is 5.75 Å². The molecule has 2 amide bonds. The van der Waals surface area contributed by atoms with E-state index in [0.29, 0.717) is 11.3 Å². The Morgan fingerprint density at radius 1 is 1.09 bits per heavy atom. The molecule has 0 saturated heterocycles. The molecule has 0 saturated carbocycles. The summed E-state index contributed by atoms with van der Waals surface area (Å²) in [6.45, 7) is 4.13. The second-order valence-corrected chi connectivity index (χ2v) is 8.65. The molecule has 2 N–H and O–H groups in total. The maximum atomic E-state index is 12.8. The minimum atomic E-state index is -0.164. The average molecular weight is 453 g/mol. The van der Waals surface area contributed by atoms with Gasteiger partial charge in [-0.25, -0.2) is 4.98 Å². The number of carbonyl (C=O) groups is 2. The third-order valence-corrected chi connectivity index (χ3v) is 6.03. The molecule has 8 heteroatoms. The van der Waals surface area contributed by atoms with Crippen LogP contribution in [0.3, 0.4) is 0 Å². The van der Waals surface area contributed by atoms with Crippen LogP contribution in [0.4, 0.5) is 5.69 Å². The van der Waals surface area contributed by atoms with Crippen molar-refractivity contribution < 1.29 is 14.3 Å². The van der Waals surface area contributed by atoms with Crippen LogP contribution in [0.1, 0.15) is 35.8 Å². The van der Waals surface area contributed by atoms with Crippen molar-refractivity contribution in [3.05, 3.63) is 72.1 Å². The molecule has 3 rings (SSSR count). The molecule has 1 unspecified atom stereocenters. The van der Waals surface area contributed by atoms with E-state index in [4.69, 9.17) is 4.74 Å². The van der Waals surface area contributed by atoms with Crippen LogP contribution < -0.4 is 15.4 Å². The molecule has 1 atom stereocenters. The number of hydrogen-bond donors (Lipinski definition) is 2. The molecule has 1 heterocycles. The summed E-state index contributed by atoms with van der Waals surface area (Å²) in [5.41, 5.74) is 2.19. The Bertz CT molecular complexity index is 1050. The highest BCUT2D eigenvalue weighted by molar-refractivity contribution is 7.99. The number of aromatic nitrogens is 2. The lowest BCUT2D eigenvalue weighted by molar-refractivity contribution is -0.113. The predicted molar refractivity (Wildman–Crippen MR) is 127 cm³/mol. The number of anilines is 1. The fourth-order valence-electron chi connectivity index (χ4n) is 3.19. The molecule has 0 radical (unpaired) electrons. The smallest absolute Gasteiger partial charge is 0.251 e. The molecular weight excluding hydrogens is 424 g/mol. The van der Waals surface area contributed by atoms with E-state index in [9.17, 15) is 9.59 Å². The number of ether oxygens (including phenoxy) is 1. The minimum absolute atomic E-state index is 0.129. The summed E-state index contributed by atoms with van der Waals surface area (Å²) >= 11 is 1.37. The van der Waals surface area contributed by atoms with Gasteiger partial charge in [-0.2, -0.15) is 0 Å². The van der Waals surface area contributed by atoms with E-state index in [1.165, 1.54) is 11.8 Å². The molecular formula is C24H28N4O3S. The highest BCUT2D eigenvalue weighted by Gasteiger charge is 2.19. The predicted octanol–water partition coefficient (Wildman–Crippen LogP) is 4.29. The zero-order chi connectivity index (χ0) is 23.1. The lowest BCUT2D eigenvalue weighted by Crippen LogP contribution is -2.31. The van der Waals surface area contributed by atoms with E-state index in [1.807, 2.05) is 42.1 Å². The van der Waals surface area contributed by atoms with Gasteiger partial charge in [0.1, 0.15) is 5.75 Å². The molecule has 1 aromatic heterocycles. The monoisotopic (exact) mass is 452 g/mol. The molecule has 32 heavy (non-hydrogen) atoms. The van der Waals surface area contributed by atoms with Crippen molar-refractivity contribution in [1.29, 1.82) is 0 Å². The first-order valence-corrected chi connectivity index (χ1v) is 11.3. The molecule has 3 aromatic rings. The third-order valence-electron chi connectivity index (χ3n) is 4.97. The normalized spacial score (nSPS) is 11.8. The van der Waals surface area contributed by atoms with Gasteiger partial charge in [0.15, 0.2) is 5.16 Å². The topological polar surface area (TPSA) is 85.2 Å². The summed E-state index contributed by atoms with van der Waals surface area (Å²) < 4.78 is 7.08. The van der Waals surface area contributed by atoms with E-state index in [0.717, 1.165) is 16.5 Å². The van der Waals surface area contributed by atoms with Gasteiger partial charge >= 0.3 is 0 Å². The number of nitrogens with zero attached hydrogens (tertiary/aromatic N) is 2. The van der Waals surface area contributed by atoms with Crippen molar-refractivity contribution in [2.45, 2.75) is 25.0 Å². The van der Waals surface area contributed by atoms with Crippen LogP contribution in [-0.4, -0.2) is 34.2 Å². The van der Waals surface area contributed by atoms with Crippen molar-refractivity contribution in [3.63, 3.8) is 0 Å². The van der Waals surface area contributed by atoms with Crippen LogP contribution in [0, 0.1) is 5.92 Å². The number of carbonyl (C=O) groups excluding carboxylic acids is 2. The van der Waals surface area contributed by atoms with Gasteiger partial charge in [-0.3, -0.25) is 9.59 Å². The van der Waals surface area contributed by atoms with Gasteiger partial charge in [0, 0.05) is 30.7 Å². The lowest BCUT2D eigenvalue weighted by Gasteiger charge is -2.23. The Balaban J connectivity index is 1.58. The van der Waals surface area contributed by atoms with E-state index in [-0.39, 0.29) is 29.5 Å². The Morgan fingerprint density at radius 3 is 2.34 bits per heavy atom. The van der Waals surface area contributed by atoms with Crippen molar-refractivity contribution in [2.75, 3.05) is 18.2 Å². The maximum Gasteiger partial charge on any atom is 0.251 e. The third kappa shape index (κ3) is 6.13. The van der Waals surface area contributed by atoms with Gasteiger partial charge in [-0.1, -0.05) is 37.7 Å². The fourth-order valence-corrected chi connectivity index (χ4v) is 3.93. The first-order chi connectivity index (χ1) is 15.4. The molecule has 0 bridgehead atoms. The second-order valence-electron chi connectivity index (χ2n) is 7.70. The lowest BCUT2D eigenvalue weighted by atomic mass is 9.95. The Morgan fingerprint density at radius 2 is 1.78 bits per heavy atom. The minimum Gasteiger partial charge on any atom is -0.497 e. The summed E-state index contributed by atoms with van der Waals surface area (Å²) in [6.07, 6.45) is 3.53. The molecule has 0 spiro atoms. The summed E-state index contributed by atoms with van der Waals surface area (Å²) in [6, 6.07) is 14.5. The van der Waals surface area contributed by atoms with Gasteiger partial charge < -0.3 is 19.9 Å². The van der Waals surface area contributed by atoms with Crippen molar-refractivity contribution >= 4 is 29.3 Å².